The number of aliphatic carboxylic acids is 1. The fourth-order valence-electron chi connectivity index (χ4n) is 3.93. The molecule has 38 heavy (non-hydrogen) atoms. The first kappa shape index (κ1) is 27.0. The van der Waals surface area contributed by atoms with E-state index in [1.807, 2.05) is 18.2 Å². The van der Waals surface area contributed by atoms with Crippen molar-refractivity contribution in [3.63, 3.8) is 0 Å². The monoisotopic (exact) mass is 540 g/mol. The van der Waals surface area contributed by atoms with E-state index >= 15 is 0 Å². The zero-order valence-electron chi connectivity index (χ0n) is 20.7. The van der Waals surface area contributed by atoms with E-state index < -0.39 is 22.0 Å². The summed E-state index contributed by atoms with van der Waals surface area (Å²) in [4.78, 5) is 23.7. The summed E-state index contributed by atoms with van der Waals surface area (Å²) in [6.45, 7) is 0.133. The Morgan fingerprint density at radius 3 is 2.39 bits per heavy atom. The fraction of sp³-hybridized carbons (Fsp3) is 0.259. The minimum absolute atomic E-state index is 0.0491. The second-order valence-corrected chi connectivity index (χ2v) is 10.3. The van der Waals surface area contributed by atoms with Gasteiger partial charge in [-0.25, -0.2) is 8.42 Å². The van der Waals surface area contributed by atoms with Crippen LogP contribution in [0.5, 0.6) is 11.5 Å². The third kappa shape index (κ3) is 6.61. The quantitative estimate of drug-likeness (QED) is 0.218. The third-order valence-corrected chi connectivity index (χ3v) is 7.39. The highest BCUT2D eigenvalue weighted by atomic mass is 32.2. The van der Waals surface area contributed by atoms with Crippen molar-refractivity contribution in [3.8, 4) is 11.5 Å². The van der Waals surface area contributed by atoms with Crippen molar-refractivity contribution in [2.45, 2.75) is 30.2 Å². The number of fused-ring (bicyclic) bond motifs is 3. The van der Waals surface area contributed by atoms with Gasteiger partial charge in [-0.2, -0.15) is 4.72 Å². The second kappa shape index (κ2) is 12.0. The van der Waals surface area contributed by atoms with Gasteiger partial charge in [0.1, 0.15) is 28.7 Å². The first-order valence-corrected chi connectivity index (χ1v) is 13.4. The predicted octanol–water partition coefficient (Wildman–Crippen LogP) is 3.69. The summed E-state index contributed by atoms with van der Waals surface area (Å²) in [7, 11) is -2.55. The topological polar surface area (TPSA) is 144 Å². The van der Waals surface area contributed by atoms with Crippen LogP contribution in [0.2, 0.25) is 0 Å². The lowest BCUT2D eigenvalue weighted by Gasteiger charge is -2.15. The lowest BCUT2D eigenvalue weighted by molar-refractivity contribution is -0.139. The summed E-state index contributed by atoms with van der Waals surface area (Å²) in [5.74, 6) is -0.396. The van der Waals surface area contributed by atoms with Crippen LogP contribution >= 0.6 is 0 Å². The number of carboxylic acids is 1. The van der Waals surface area contributed by atoms with Gasteiger partial charge in [-0.05, 0) is 67.8 Å². The molecule has 1 unspecified atom stereocenters. The standard InChI is InChI=1S/C27H28N2O8S/c1-35-18-9-11-19(12-10-18)36-17-26(30)28-15-5-4-7-23(27(31)32)29-38(33,34)20-13-14-25-22(16-20)21-6-2-3-8-24(21)37-25/h2-3,6,8-14,16,23,29H,4-5,7,15,17H2,1H3,(H,28,30)(H,31,32). The summed E-state index contributed by atoms with van der Waals surface area (Å²) >= 11 is 0. The number of amides is 1. The number of methoxy groups -OCH3 is 1. The van der Waals surface area contributed by atoms with Gasteiger partial charge in [-0.3, -0.25) is 9.59 Å². The van der Waals surface area contributed by atoms with Crippen molar-refractivity contribution in [2.24, 2.45) is 0 Å². The van der Waals surface area contributed by atoms with Crippen LogP contribution in [-0.2, 0) is 19.6 Å². The third-order valence-electron chi connectivity index (χ3n) is 5.93. The molecule has 4 rings (SSSR count). The Morgan fingerprint density at radius 1 is 0.947 bits per heavy atom. The maximum absolute atomic E-state index is 13.0. The van der Waals surface area contributed by atoms with Gasteiger partial charge in [-0.1, -0.05) is 18.2 Å². The number of carbonyl (C=O) groups excluding carboxylic acids is 1. The molecule has 0 saturated heterocycles. The normalized spacial score (nSPS) is 12.3. The molecule has 0 spiro atoms. The molecule has 1 heterocycles. The molecule has 1 amide bonds. The molecule has 200 valence electrons. The average molecular weight is 541 g/mol. The molecular weight excluding hydrogens is 512 g/mol. The van der Waals surface area contributed by atoms with E-state index in [0.717, 1.165) is 5.39 Å². The molecule has 3 aromatic carbocycles. The van der Waals surface area contributed by atoms with Gasteiger partial charge in [-0.15, -0.1) is 0 Å². The molecule has 0 aliphatic heterocycles. The lowest BCUT2D eigenvalue weighted by Crippen LogP contribution is -2.40. The lowest BCUT2D eigenvalue weighted by atomic mass is 10.1. The number of furan rings is 1. The van der Waals surface area contributed by atoms with Gasteiger partial charge in [0.2, 0.25) is 10.0 Å². The first-order valence-electron chi connectivity index (χ1n) is 12.0. The van der Waals surface area contributed by atoms with Crippen LogP contribution < -0.4 is 19.5 Å². The Kier molecular flexibility index (Phi) is 8.49. The SMILES string of the molecule is COc1ccc(OCC(=O)NCCCCC(NS(=O)(=O)c2ccc3oc4ccccc4c3c2)C(=O)O)cc1. The van der Waals surface area contributed by atoms with Crippen molar-refractivity contribution in [1.82, 2.24) is 10.0 Å². The van der Waals surface area contributed by atoms with E-state index in [9.17, 15) is 23.1 Å². The molecule has 1 aromatic heterocycles. The largest absolute Gasteiger partial charge is 0.497 e. The molecule has 0 saturated carbocycles. The molecule has 0 aliphatic carbocycles. The van der Waals surface area contributed by atoms with Crippen molar-refractivity contribution in [1.29, 1.82) is 0 Å². The number of hydrogen-bond acceptors (Lipinski definition) is 7. The number of hydrogen-bond donors (Lipinski definition) is 3. The highest BCUT2D eigenvalue weighted by Crippen LogP contribution is 2.30. The Balaban J connectivity index is 1.26. The number of carbonyl (C=O) groups is 2. The van der Waals surface area contributed by atoms with Gasteiger partial charge in [0.15, 0.2) is 6.61 Å². The van der Waals surface area contributed by atoms with Crippen LogP contribution in [0, 0.1) is 0 Å². The summed E-state index contributed by atoms with van der Waals surface area (Å²) in [5, 5.41) is 13.7. The first-order chi connectivity index (χ1) is 18.3. The molecule has 0 bridgehead atoms. The maximum Gasteiger partial charge on any atom is 0.321 e. The van der Waals surface area contributed by atoms with Crippen molar-refractivity contribution >= 4 is 43.8 Å². The van der Waals surface area contributed by atoms with Gasteiger partial charge in [0.05, 0.1) is 12.0 Å². The highest BCUT2D eigenvalue weighted by Gasteiger charge is 2.25. The molecule has 10 nitrogen and oxygen atoms in total. The van der Waals surface area contributed by atoms with Crippen molar-refractivity contribution < 1.29 is 37.0 Å². The minimum Gasteiger partial charge on any atom is -0.497 e. The van der Waals surface area contributed by atoms with E-state index in [1.165, 1.54) is 12.1 Å². The smallest absolute Gasteiger partial charge is 0.321 e. The number of sulfonamides is 1. The Labute approximate surface area is 219 Å². The van der Waals surface area contributed by atoms with Crippen LogP contribution in [0.1, 0.15) is 19.3 Å². The average Bonchev–Trinajstić information content (AvgIpc) is 3.29. The van der Waals surface area contributed by atoms with E-state index in [1.54, 1.807) is 43.5 Å². The molecule has 3 N–H and O–H groups in total. The van der Waals surface area contributed by atoms with Gasteiger partial charge >= 0.3 is 5.97 Å². The second-order valence-electron chi connectivity index (χ2n) is 8.58. The van der Waals surface area contributed by atoms with Crippen LogP contribution in [0.3, 0.4) is 0 Å². The molecule has 1 atom stereocenters. The van der Waals surface area contributed by atoms with Crippen molar-refractivity contribution in [3.05, 3.63) is 66.7 Å². The summed E-state index contributed by atoms with van der Waals surface area (Å²) in [6.07, 6.45) is 0.904. The zero-order valence-corrected chi connectivity index (χ0v) is 21.5. The van der Waals surface area contributed by atoms with Crippen LogP contribution in [0.15, 0.2) is 76.0 Å². The van der Waals surface area contributed by atoms with E-state index in [4.69, 9.17) is 13.9 Å². The Bertz CT molecular complexity index is 1530. The predicted molar refractivity (Wildman–Crippen MR) is 141 cm³/mol. The molecule has 0 fully saturated rings. The number of rotatable bonds is 13. The molecular formula is C27H28N2O8S. The van der Waals surface area contributed by atoms with E-state index in [0.29, 0.717) is 47.4 Å². The molecule has 0 radical (unpaired) electrons. The number of para-hydroxylation sites is 1. The number of nitrogens with one attached hydrogen (secondary N) is 2. The minimum atomic E-state index is -4.10. The number of carboxylic acid groups (broad SMARTS) is 1. The van der Waals surface area contributed by atoms with Crippen LogP contribution in [0.4, 0.5) is 0 Å². The van der Waals surface area contributed by atoms with Gasteiger partial charge in [0, 0.05) is 17.3 Å². The number of ether oxygens (including phenoxy) is 2. The number of unbranched alkanes of at least 4 members (excludes halogenated alkanes) is 1. The Morgan fingerprint density at radius 2 is 1.66 bits per heavy atom. The molecule has 0 aliphatic rings. The summed E-state index contributed by atoms with van der Waals surface area (Å²) < 4.78 is 44.4. The van der Waals surface area contributed by atoms with Gasteiger partial charge < -0.3 is 24.3 Å². The highest BCUT2D eigenvalue weighted by molar-refractivity contribution is 7.89. The maximum atomic E-state index is 13.0. The fourth-order valence-corrected chi connectivity index (χ4v) is 5.18. The summed E-state index contributed by atoms with van der Waals surface area (Å²) in [6, 6.07) is 17.2. The van der Waals surface area contributed by atoms with Gasteiger partial charge in [0.25, 0.3) is 5.91 Å². The van der Waals surface area contributed by atoms with Crippen molar-refractivity contribution in [2.75, 3.05) is 20.3 Å². The molecule has 4 aromatic rings. The zero-order chi connectivity index (χ0) is 27.1. The molecule has 11 heteroatoms. The number of benzene rings is 3. The van der Waals surface area contributed by atoms with Crippen LogP contribution in [-0.4, -0.2) is 51.7 Å². The summed E-state index contributed by atoms with van der Waals surface area (Å²) in [5.41, 5.74) is 1.17. The van der Waals surface area contributed by atoms with E-state index in [2.05, 4.69) is 10.0 Å². The van der Waals surface area contributed by atoms with Crippen LogP contribution in [0.25, 0.3) is 21.9 Å². The Hall–Kier alpha value is -4.09. The van der Waals surface area contributed by atoms with E-state index in [-0.39, 0.29) is 23.8 Å².